The Hall–Kier alpha value is -1.74. The molecule has 1 aliphatic heterocycles. The van der Waals surface area contributed by atoms with Gasteiger partial charge in [-0.3, -0.25) is 0 Å². The van der Waals surface area contributed by atoms with E-state index >= 15 is 0 Å². The fourth-order valence-corrected chi connectivity index (χ4v) is 2.19. The molecule has 0 saturated carbocycles. The molecule has 0 amide bonds. The minimum atomic E-state index is 0.0228. The van der Waals surface area contributed by atoms with Crippen LogP contribution in [0.25, 0.3) is 10.9 Å². The van der Waals surface area contributed by atoms with Crippen molar-refractivity contribution in [3.05, 3.63) is 42.6 Å². The van der Waals surface area contributed by atoms with Gasteiger partial charge in [0.25, 0.3) is 0 Å². The highest BCUT2D eigenvalue weighted by Gasteiger charge is 2.12. The molecule has 1 aromatic carbocycles. The number of methoxy groups -OCH3 is 1. The molecule has 0 radical (unpaired) electrons. The van der Waals surface area contributed by atoms with Gasteiger partial charge in [0.05, 0.1) is 19.2 Å². The van der Waals surface area contributed by atoms with Gasteiger partial charge in [-0.25, -0.2) is 0 Å². The molecule has 2 aromatic rings. The topological polar surface area (TPSA) is 23.4 Å². The van der Waals surface area contributed by atoms with Crippen LogP contribution in [0.5, 0.6) is 5.75 Å². The fourth-order valence-electron chi connectivity index (χ4n) is 2.19. The molecule has 88 valence electrons. The highest BCUT2D eigenvalue weighted by Crippen LogP contribution is 2.26. The molecule has 0 fully saturated rings. The first-order valence-corrected chi connectivity index (χ1v) is 5.81. The Bertz CT molecular complexity index is 556. The van der Waals surface area contributed by atoms with Crippen LogP contribution in [0.4, 0.5) is 0 Å². The molecular weight excluding hydrogens is 214 g/mol. The number of hydrogen-bond donors (Lipinski definition) is 0. The Labute approximate surface area is 100 Å². The number of benzene rings is 1. The Morgan fingerprint density at radius 1 is 1.35 bits per heavy atom. The van der Waals surface area contributed by atoms with Crippen LogP contribution in [-0.4, -0.2) is 18.3 Å². The van der Waals surface area contributed by atoms with Gasteiger partial charge in [0.15, 0.2) is 6.23 Å². The van der Waals surface area contributed by atoms with Gasteiger partial charge in [-0.2, -0.15) is 0 Å². The van der Waals surface area contributed by atoms with Crippen molar-refractivity contribution in [3.63, 3.8) is 0 Å². The largest absolute Gasteiger partial charge is 0.497 e. The molecule has 0 unspecified atom stereocenters. The van der Waals surface area contributed by atoms with E-state index in [-0.39, 0.29) is 6.23 Å². The van der Waals surface area contributed by atoms with E-state index in [4.69, 9.17) is 9.47 Å². The Balaban J connectivity index is 2.05. The maximum absolute atomic E-state index is 5.73. The van der Waals surface area contributed by atoms with Crippen molar-refractivity contribution in [1.82, 2.24) is 4.57 Å². The average Bonchev–Trinajstić information content (AvgIpc) is 2.82. The van der Waals surface area contributed by atoms with E-state index in [1.165, 1.54) is 10.9 Å². The molecule has 0 N–H and O–H groups in total. The van der Waals surface area contributed by atoms with Gasteiger partial charge in [0.2, 0.25) is 0 Å². The number of ether oxygens (including phenoxy) is 2. The predicted octanol–water partition coefficient (Wildman–Crippen LogP) is 3.13. The maximum atomic E-state index is 5.73. The van der Waals surface area contributed by atoms with Crippen LogP contribution in [0, 0.1) is 0 Å². The van der Waals surface area contributed by atoms with Crippen molar-refractivity contribution in [2.75, 3.05) is 13.7 Å². The van der Waals surface area contributed by atoms with Crippen LogP contribution < -0.4 is 4.74 Å². The summed E-state index contributed by atoms with van der Waals surface area (Å²) in [5.41, 5.74) is 1.17. The van der Waals surface area contributed by atoms with E-state index in [1.807, 2.05) is 12.1 Å². The molecule has 2 heterocycles. The average molecular weight is 229 g/mol. The summed E-state index contributed by atoms with van der Waals surface area (Å²) in [5.74, 6) is 0.885. The van der Waals surface area contributed by atoms with Gasteiger partial charge in [-0.05, 0) is 36.8 Å². The molecule has 1 aromatic heterocycles. The highest BCUT2D eigenvalue weighted by molar-refractivity contribution is 5.81. The summed E-state index contributed by atoms with van der Waals surface area (Å²) in [5, 5.41) is 1.17. The lowest BCUT2D eigenvalue weighted by molar-refractivity contribution is 0.0351. The molecule has 0 spiro atoms. The van der Waals surface area contributed by atoms with Crippen LogP contribution in [0.15, 0.2) is 42.6 Å². The minimum absolute atomic E-state index is 0.0228. The van der Waals surface area contributed by atoms with E-state index in [9.17, 15) is 0 Å². The first-order valence-electron chi connectivity index (χ1n) is 5.81. The Kier molecular flexibility index (Phi) is 2.61. The van der Waals surface area contributed by atoms with Crippen molar-refractivity contribution in [3.8, 4) is 5.75 Å². The molecule has 3 nitrogen and oxygen atoms in total. The Morgan fingerprint density at radius 3 is 3.06 bits per heavy atom. The van der Waals surface area contributed by atoms with E-state index in [0.717, 1.165) is 18.8 Å². The van der Waals surface area contributed by atoms with Gasteiger partial charge in [-0.15, -0.1) is 0 Å². The van der Waals surface area contributed by atoms with Crippen molar-refractivity contribution >= 4 is 10.9 Å². The van der Waals surface area contributed by atoms with Crippen LogP contribution >= 0.6 is 0 Å². The second-order valence-electron chi connectivity index (χ2n) is 4.13. The molecule has 1 atom stereocenters. The van der Waals surface area contributed by atoms with Crippen LogP contribution in [0.2, 0.25) is 0 Å². The lowest BCUT2D eigenvalue weighted by Crippen LogP contribution is -2.13. The number of hydrogen-bond acceptors (Lipinski definition) is 2. The van der Waals surface area contributed by atoms with E-state index in [2.05, 4.69) is 35.0 Å². The molecule has 17 heavy (non-hydrogen) atoms. The lowest BCUT2D eigenvalue weighted by atomic mass is 10.2. The van der Waals surface area contributed by atoms with Crippen molar-refractivity contribution in [1.29, 1.82) is 0 Å². The van der Waals surface area contributed by atoms with Gasteiger partial charge in [0.1, 0.15) is 5.75 Å². The van der Waals surface area contributed by atoms with Gasteiger partial charge in [0, 0.05) is 11.6 Å². The second kappa shape index (κ2) is 4.26. The molecule has 3 rings (SSSR count). The lowest BCUT2D eigenvalue weighted by Gasteiger charge is -2.20. The minimum Gasteiger partial charge on any atom is -0.497 e. The third-order valence-corrected chi connectivity index (χ3v) is 3.08. The molecule has 0 bridgehead atoms. The van der Waals surface area contributed by atoms with E-state index in [1.54, 1.807) is 7.11 Å². The number of aromatic nitrogens is 1. The first kappa shape index (κ1) is 10.4. The quantitative estimate of drug-likeness (QED) is 0.738. The highest BCUT2D eigenvalue weighted by atomic mass is 16.5. The number of nitrogens with zero attached hydrogens (tertiary/aromatic N) is 1. The van der Waals surface area contributed by atoms with Gasteiger partial charge < -0.3 is 14.0 Å². The Morgan fingerprint density at radius 2 is 2.29 bits per heavy atom. The zero-order valence-corrected chi connectivity index (χ0v) is 9.80. The molecule has 0 aliphatic carbocycles. The van der Waals surface area contributed by atoms with Crippen molar-refractivity contribution in [2.24, 2.45) is 0 Å². The van der Waals surface area contributed by atoms with Gasteiger partial charge >= 0.3 is 0 Å². The zero-order chi connectivity index (χ0) is 11.7. The molecule has 3 heteroatoms. The predicted molar refractivity (Wildman–Crippen MR) is 67.2 cm³/mol. The SMILES string of the molecule is COc1ccc2c(ccn2[C@@H]2C=CCCO2)c1. The van der Waals surface area contributed by atoms with E-state index in [0.29, 0.717) is 0 Å². The maximum Gasteiger partial charge on any atom is 0.153 e. The summed E-state index contributed by atoms with van der Waals surface area (Å²) < 4.78 is 13.1. The first-order chi connectivity index (χ1) is 8.38. The summed E-state index contributed by atoms with van der Waals surface area (Å²) >= 11 is 0. The molecular formula is C14H15NO2. The molecule has 1 aliphatic rings. The second-order valence-corrected chi connectivity index (χ2v) is 4.13. The molecule has 0 saturated heterocycles. The summed E-state index contributed by atoms with van der Waals surface area (Å²) in [6.45, 7) is 0.789. The number of fused-ring (bicyclic) bond motifs is 1. The normalized spacial score (nSPS) is 19.7. The van der Waals surface area contributed by atoms with Crippen molar-refractivity contribution < 1.29 is 9.47 Å². The van der Waals surface area contributed by atoms with Crippen LogP contribution in [0.3, 0.4) is 0 Å². The third-order valence-electron chi connectivity index (χ3n) is 3.08. The fraction of sp³-hybridized carbons (Fsp3) is 0.286. The zero-order valence-electron chi connectivity index (χ0n) is 9.80. The summed E-state index contributed by atoms with van der Waals surface area (Å²) in [6, 6.07) is 8.17. The van der Waals surface area contributed by atoms with Crippen LogP contribution in [-0.2, 0) is 4.74 Å². The standard InChI is InChI=1S/C14H15NO2/c1-16-12-5-6-13-11(10-12)7-8-15(13)14-4-2-3-9-17-14/h2,4-8,10,14H,3,9H2,1H3/t14-/m0/s1. The van der Waals surface area contributed by atoms with Gasteiger partial charge in [-0.1, -0.05) is 6.08 Å². The smallest absolute Gasteiger partial charge is 0.153 e. The van der Waals surface area contributed by atoms with Crippen molar-refractivity contribution in [2.45, 2.75) is 12.6 Å². The number of rotatable bonds is 2. The van der Waals surface area contributed by atoms with E-state index < -0.39 is 0 Å². The monoisotopic (exact) mass is 229 g/mol. The summed E-state index contributed by atoms with van der Waals surface area (Å²) in [4.78, 5) is 0. The van der Waals surface area contributed by atoms with Crippen LogP contribution in [0.1, 0.15) is 12.6 Å². The summed E-state index contributed by atoms with van der Waals surface area (Å²) in [6.07, 6.45) is 7.36. The third kappa shape index (κ3) is 1.83. The summed E-state index contributed by atoms with van der Waals surface area (Å²) in [7, 11) is 1.69.